The van der Waals surface area contributed by atoms with Gasteiger partial charge in [0.15, 0.2) is 9.84 Å². The van der Waals surface area contributed by atoms with Crippen LogP contribution in [0.3, 0.4) is 0 Å². The summed E-state index contributed by atoms with van der Waals surface area (Å²) in [7, 11) is -3.52. The minimum absolute atomic E-state index is 0.0706. The lowest BCUT2D eigenvalue weighted by Crippen LogP contribution is -2.32. The Morgan fingerprint density at radius 1 is 1.00 bits per heavy atom. The first-order valence-electron chi connectivity index (χ1n) is 8.08. The van der Waals surface area contributed by atoms with Gasteiger partial charge in [-0.05, 0) is 55.2 Å². The van der Waals surface area contributed by atoms with Crippen LogP contribution in [0.2, 0.25) is 0 Å². The maximum Gasteiger partial charge on any atom is 0.178 e. The van der Waals surface area contributed by atoms with Gasteiger partial charge in [0.1, 0.15) is 17.5 Å². The van der Waals surface area contributed by atoms with E-state index in [-0.39, 0.29) is 10.6 Å². The number of hydrogen-bond donors (Lipinski definition) is 0. The molecule has 0 spiro atoms. The van der Waals surface area contributed by atoms with E-state index in [1.54, 1.807) is 4.90 Å². The molecular weight excluding hydrogens is 351 g/mol. The van der Waals surface area contributed by atoms with E-state index in [1.807, 2.05) is 0 Å². The lowest BCUT2D eigenvalue weighted by Gasteiger charge is -2.31. The summed E-state index contributed by atoms with van der Waals surface area (Å²) in [6.07, 6.45) is 1.67. The highest BCUT2D eigenvalue weighted by Gasteiger charge is 2.22. The zero-order valence-electron chi connectivity index (χ0n) is 13.5. The summed E-state index contributed by atoms with van der Waals surface area (Å²) in [6, 6.07) is 6.88. The molecule has 0 saturated heterocycles. The van der Waals surface area contributed by atoms with Crippen LogP contribution in [0.15, 0.2) is 41.3 Å². The van der Waals surface area contributed by atoms with E-state index in [2.05, 4.69) is 0 Å². The molecule has 0 radical (unpaired) electrons. The van der Waals surface area contributed by atoms with Crippen molar-refractivity contribution in [2.75, 3.05) is 23.7 Å². The maximum absolute atomic E-state index is 14.1. The third-order valence-corrected chi connectivity index (χ3v) is 6.13. The molecule has 1 aliphatic heterocycles. The topological polar surface area (TPSA) is 37.4 Å². The zero-order chi connectivity index (χ0) is 18.0. The third-order valence-electron chi connectivity index (χ3n) is 4.31. The second kappa shape index (κ2) is 7.07. The van der Waals surface area contributed by atoms with Gasteiger partial charge in [0.2, 0.25) is 0 Å². The second-order valence-electron chi connectivity index (χ2n) is 6.11. The molecule has 0 aliphatic carbocycles. The largest absolute Gasteiger partial charge is 0.369 e. The summed E-state index contributed by atoms with van der Waals surface area (Å²) >= 11 is 0. The molecule has 0 bridgehead atoms. The fourth-order valence-electron chi connectivity index (χ4n) is 3.16. The van der Waals surface area contributed by atoms with Crippen LogP contribution >= 0.6 is 0 Å². The van der Waals surface area contributed by atoms with Crippen molar-refractivity contribution in [2.45, 2.75) is 24.2 Å². The lowest BCUT2D eigenvalue weighted by molar-refractivity contribution is 0.560. The molecule has 25 heavy (non-hydrogen) atoms. The fraction of sp³-hybridized carbons (Fsp3) is 0.333. The van der Waals surface area contributed by atoms with E-state index in [4.69, 9.17) is 0 Å². The number of sulfone groups is 1. The van der Waals surface area contributed by atoms with Gasteiger partial charge in [-0.3, -0.25) is 0 Å². The molecule has 0 amide bonds. The van der Waals surface area contributed by atoms with Crippen LogP contribution in [-0.2, 0) is 16.3 Å². The van der Waals surface area contributed by atoms with Crippen molar-refractivity contribution < 1.29 is 21.6 Å². The van der Waals surface area contributed by atoms with Crippen LogP contribution < -0.4 is 4.90 Å². The number of rotatable bonds is 5. The second-order valence-corrected chi connectivity index (χ2v) is 8.22. The van der Waals surface area contributed by atoms with Gasteiger partial charge < -0.3 is 4.90 Å². The Hall–Kier alpha value is -2.02. The van der Waals surface area contributed by atoms with Crippen LogP contribution in [0.25, 0.3) is 0 Å². The van der Waals surface area contributed by atoms with Crippen LogP contribution in [0.1, 0.15) is 18.4 Å². The van der Waals surface area contributed by atoms with Crippen molar-refractivity contribution in [1.82, 2.24) is 0 Å². The van der Waals surface area contributed by atoms with Crippen molar-refractivity contribution in [3.8, 4) is 0 Å². The molecule has 0 unspecified atom stereocenters. The number of benzene rings is 2. The zero-order valence-corrected chi connectivity index (χ0v) is 14.3. The van der Waals surface area contributed by atoms with Gasteiger partial charge in [-0.1, -0.05) is 0 Å². The van der Waals surface area contributed by atoms with Crippen LogP contribution in [0.5, 0.6) is 0 Å². The maximum atomic E-state index is 14.1. The Bertz CT molecular complexity index is 867. The average Bonchev–Trinajstić information content (AvgIpc) is 2.54. The number of nitrogens with zero attached hydrogens (tertiary/aromatic N) is 1. The Kier molecular flexibility index (Phi) is 5.03. The highest BCUT2D eigenvalue weighted by atomic mass is 32.2. The standard InChI is InChI=1S/C18H18F3NO2S/c19-14-4-6-16(7-5-14)25(23,24)10-2-9-22-8-1-3-13-11-15(20)12-17(21)18(13)22/h4-7,11-12H,1-3,8-10H2. The van der Waals surface area contributed by atoms with Gasteiger partial charge in [0.05, 0.1) is 16.3 Å². The molecule has 0 N–H and O–H groups in total. The molecule has 1 heterocycles. The Labute approximate surface area is 145 Å². The number of aryl methyl sites for hydroxylation is 1. The first-order valence-corrected chi connectivity index (χ1v) is 9.73. The van der Waals surface area contributed by atoms with Crippen molar-refractivity contribution in [3.63, 3.8) is 0 Å². The SMILES string of the molecule is O=S(=O)(CCCN1CCCc2cc(F)cc(F)c21)c1ccc(F)cc1. The molecule has 3 nitrogen and oxygen atoms in total. The van der Waals surface area contributed by atoms with Gasteiger partial charge in [-0.15, -0.1) is 0 Å². The fourth-order valence-corrected chi connectivity index (χ4v) is 4.46. The molecular formula is C18H18F3NO2S. The van der Waals surface area contributed by atoms with E-state index in [0.717, 1.165) is 24.6 Å². The Morgan fingerprint density at radius 2 is 1.72 bits per heavy atom. The minimum atomic E-state index is -3.52. The van der Waals surface area contributed by atoms with E-state index >= 15 is 0 Å². The summed E-state index contributed by atoms with van der Waals surface area (Å²) < 4.78 is 64.9. The molecule has 2 aromatic carbocycles. The monoisotopic (exact) mass is 369 g/mol. The number of halogens is 3. The van der Waals surface area contributed by atoms with Gasteiger partial charge >= 0.3 is 0 Å². The van der Waals surface area contributed by atoms with E-state index < -0.39 is 27.3 Å². The molecule has 134 valence electrons. The van der Waals surface area contributed by atoms with Crippen molar-refractivity contribution in [3.05, 3.63) is 59.4 Å². The smallest absolute Gasteiger partial charge is 0.178 e. The van der Waals surface area contributed by atoms with E-state index in [0.29, 0.717) is 37.2 Å². The number of hydrogen-bond acceptors (Lipinski definition) is 3. The van der Waals surface area contributed by atoms with Crippen LogP contribution in [0, 0.1) is 17.5 Å². The number of anilines is 1. The molecule has 0 saturated carbocycles. The highest BCUT2D eigenvalue weighted by Crippen LogP contribution is 2.31. The minimum Gasteiger partial charge on any atom is -0.369 e. The normalized spacial score (nSPS) is 14.4. The molecule has 7 heteroatoms. The van der Waals surface area contributed by atoms with E-state index in [1.165, 1.54) is 18.2 Å². The van der Waals surface area contributed by atoms with Gasteiger partial charge in [0.25, 0.3) is 0 Å². The van der Waals surface area contributed by atoms with Crippen molar-refractivity contribution >= 4 is 15.5 Å². The summed E-state index contributed by atoms with van der Waals surface area (Å²) in [4.78, 5) is 1.84. The van der Waals surface area contributed by atoms with Crippen LogP contribution in [-0.4, -0.2) is 27.3 Å². The van der Waals surface area contributed by atoms with Gasteiger partial charge in [0, 0.05) is 19.2 Å². The molecule has 0 aromatic heterocycles. The molecule has 2 aromatic rings. The molecule has 1 aliphatic rings. The predicted octanol–water partition coefficient (Wildman–Crippen LogP) is 3.72. The van der Waals surface area contributed by atoms with E-state index in [9.17, 15) is 21.6 Å². The molecule has 3 rings (SSSR count). The predicted molar refractivity (Wildman–Crippen MR) is 90.0 cm³/mol. The third kappa shape index (κ3) is 3.98. The summed E-state index contributed by atoms with van der Waals surface area (Å²) in [5, 5.41) is 0. The first-order chi connectivity index (χ1) is 11.9. The summed E-state index contributed by atoms with van der Waals surface area (Å²) in [6.45, 7) is 0.960. The average molecular weight is 369 g/mol. The quantitative estimate of drug-likeness (QED) is 0.754. The van der Waals surface area contributed by atoms with Crippen molar-refractivity contribution in [2.24, 2.45) is 0 Å². The van der Waals surface area contributed by atoms with Gasteiger partial charge in [-0.25, -0.2) is 21.6 Å². The highest BCUT2D eigenvalue weighted by molar-refractivity contribution is 7.91. The lowest BCUT2D eigenvalue weighted by atomic mass is 10.0. The Balaban J connectivity index is 1.68. The van der Waals surface area contributed by atoms with Gasteiger partial charge in [-0.2, -0.15) is 0 Å². The molecule has 0 fully saturated rings. The molecule has 0 atom stereocenters. The summed E-state index contributed by atoms with van der Waals surface area (Å²) in [5.74, 6) is -1.83. The number of fused-ring (bicyclic) bond motifs is 1. The van der Waals surface area contributed by atoms with Crippen molar-refractivity contribution in [1.29, 1.82) is 0 Å². The van der Waals surface area contributed by atoms with Crippen LogP contribution in [0.4, 0.5) is 18.9 Å². The first kappa shape index (κ1) is 17.8. The summed E-state index contributed by atoms with van der Waals surface area (Å²) in [5.41, 5.74) is 0.983. The Morgan fingerprint density at radius 3 is 2.44 bits per heavy atom.